The van der Waals surface area contributed by atoms with Crippen molar-refractivity contribution in [1.82, 2.24) is 15.3 Å². The minimum Gasteiger partial charge on any atom is -0.496 e. The Hall–Kier alpha value is -3.71. The van der Waals surface area contributed by atoms with Gasteiger partial charge in [-0.2, -0.15) is 0 Å². The van der Waals surface area contributed by atoms with Gasteiger partial charge in [-0.25, -0.2) is 31.5 Å². The number of ether oxygens (including phenoxy) is 1. The Morgan fingerprint density at radius 3 is 1.94 bits per heavy atom. The van der Waals surface area contributed by atoms with E-state index < -0.39 is 26.0 Å². The summed E-state index contributed by atoms with van der Waals surface area (Å²) in [7, 11) is -6.72. The molecule has 2 aromatic carbocycles. The zero-order valence-corrected chi connectivity index (χ0v) is 22.0. The average Bonchev–Trinajstić information content (AvgIpc) is 2.77. The average molecular weight is 534 g/mol. The fourth-order valence-corrected chi connectivity index (χ4v) is 5.27. The van der Waals surface area contributed by atoms with Gasteiger partial charge >= 0.3 is 0 Å². The lowest BCUT2D eigenvalue weighted by molar-refractivity contribution is 0.0940. The quantitative estimate of drug-likeness (QED) is 0.379. The summed E-state index contributed by atoms with van der Waals surface area (Å²) in [6.07, 6.45) is 0. The topological polar surface area (TPSA) is 156 Å². The molecule has 13 heteroatoms. The Labute approximate surface area is 210 Å². The molecule has 0 atom stereocenters. The number of aromatic nitrogens is 2. The van der Waals surface area contributed by atoms with Gasteiger partial charge in [-0.05, 0) is 76.2 Å². The third-order valence-corrected chi connectivity index (χ3v) is 7.49. The summed E-state index contributed by atoms with van der Waals surface area (Å²) in [6, 6.07) is 10.6. The van der Waals surface area contributed by atoms with Crippen molar-refractivity contribution in [2.24, 2.45) is 0 Å². The van der Waals surface area contributed by atoms with E-state index in [1.165, 1.54) is 49.6 Å². The van der Waals surface area contributed by atoms with Gasteiger partial charge < -0.3 is 10.1 Å². The Bertz CT molecular complexity index is 1470. The minimum absolute atomic E-state index is 0.0610. The van der Waals surface area contributed by atoms with E-state index in [-0.39, 0.29) is 38.8 Å². The Balaban J connectivity index is 1.82. The summed E-state index contributed by atoms with van der Waals surface area (Å²) in [4.78, 5) is 20.3. The maximum atomic E-state index is 13.0. The molecule has 1 aromatic heterocycles. The number of benzene rings is 2. The van der Waals surface area contributed by atoms with E-state index >= 15 is 0 Å². The molecular weight excluding hydrogens is 506 g/mol. The van der Waals surface area contributed by atoms with Crippen LogP contribution in [0.5, 0.6) is 5.75 Å². The molecule has 1 amide bonds. The highest BCUT2D eigenvalue weighted by molar-refractivity contribution is 7.93. The van der Waals surface area contributed by atoms with Gasteiger partial charge in [0.05, 0.1) is 22.5 Å². The molecule has 0 aliphatic rings. The number of carbonyl (C=O) groups excluding carboxylic acids is 1. The second-order valence-electron chi connectivity index (χ2n) is 8.20. The monoisotopic (exact) mass is 533 g/mol. The summed E-state index contributed by atoms with van der Waals surface area (Å²) >= 11 is 0. The van der Waals surface area contributed by atoms with Crippen LogP contribution >= 0.6 is 0 Å². The number of hydrogen-bond donors (Lipinski definition) is 3. The lowest BCUT2D eigenvalue weighted by Gasteiger charge is -2.14. The molecule has 36 heavy (non-hydrogen) atoms. The van der Waals surface area contributed by atoms with E-state index in [9.17, 15) is 21.6 Å². The first-order chi connectivity index (χ1) is 16.8. The van der Waals surface area contributed by atoms with E-state index in [2.05, 4.69) is 24.7 Å². The minimum atomic E-state index is -4.10. The number of hydrogen-bond acceptors (Lipinski definition) is 8. The molecule has 0 radical (unpaired) electrons. The normalized spacial score (nSPS) is 11.7. The van der Waals surface area contributed by atoms with Crippen LogP contribution in [0.15, 0.2) is 58.3 Å². The smallest absolute Gasteiger partial charge is 0.264 e. The third kappa shape index (κ3) is 6.49. The van der Waals surface area contributed by atoms with Crippen molar-refractivity contribution < 1.29 is 26.4 Å². The Morgan fingerprint density at radius 2 is 1.39 bits per heavy atom. The predicted molar refractivity (Wildman–Crippen MR) is 135 cm³/mol. The number of anilines is 2. The lowest BCUT2D eigenvalue weighted by Crippen LogP contribution is -2.30. The van der Waals surface area contributed by atoms with E-state index in [1.807, 2.05) is 0 Å². The van der Waals surface area contributed by atoms with Gasteiger partial charge in [0.2, 0.25) is 5.95 Å². The van der Waals surface area contributed by atoms with E-state index in [1.54, 1.807) is 33.8 Å². The van der Waals surface area contributed by atoms with Crippen LogP contribution in [-0.4, -0.2) is 45.9 Å². The van der Waals surface area contributed by atoms with Crippen molar-refractivity contribution in [3.63, 3.8) is 0 Å². The molecule has 0 saturated carbocycles. The zero-order valence-electron chi connectivity index (χ0n) is 20.4. The Morgan fingerprint density at radius 1 is 0.833 bits per heavy atom. The van der Waals surface area contributed by atoms with Gasteiger partial charge in [-0.15, -0.1) is 0 Å². The van der Waals surface area contributed by atoms with E-state index in [0.29, 0.717) is 11.4 Å². The van der Waals surface area contributed by atoms with Crippen molar-refractivity contribution in [3.8, 4) is 5.75 Å². The molecule has 0 bridgehead atoms. The molecule has 11 nitrogen and oxygen atoms in total. The summed E-state index contributed by atoms with van der Waals surface area (Å²) in [6.45, 7) is 6.99. The number of sulfonamides is 2. The fourth-order valence-electron chi connectivity index (χ4n) is 3.24. The number of rotatable bonds is 9. The largest absolute Gasteiger partial charge is 0.496 e. The molecule has 0 spiro atoms. The number of carbonyl (C=O) groups is 1. The van der Waals surface area contributed by atoms with Crippen LogP contribution < -0.4 is 19.5 Å². The first-order valence-electron chi connectivity index (χ1n) is 10.8. The number of aryl methyl sites for hydroxylation is 2. The van der Waals surface area contributed by atoms with Crippen LogP contribution in [-0.2, 0) is 20.0 Å². The number of amides is 1. The van der Waals surface area contributed by atoms with Crippen molar-refractivity contribution in [1.29, 1.82) is 0 Å². The molecule has 3 N–H and O–H groups in total. The van der Waals surface area contributed by atoms with Crippen LogP contribution in [0.25, 0.3) is 0 Å². The maximum absolute atomic E-state index is 13.0. The second kappa shape index (κ2) is 10.5. The molecule has 3 rings (SSSR count). The number of nitrogens with zero attached hydrogens (tertiary/aromatic N) is 2. The standard InChI is InChI=1S/C23H27N5O6S2/c1-14(2)24-22(29)20-13-19(10-11-21(20)34-5)36(32,33)27-17-6-8-18(9-7-17)35(30,31)28-23-25-15(3)12-16(4)26-23/h6-14,27H,1-5H3,(H,24,29)(H,25,26,28). The van der Waals surface area contributed by atoms with Crippen molar-refractivity contribution in [2.75, 3.05) is 16.6 Å². The summed E-state index contributed by atoms with van der Waals surface area (Å²) in [5, 5.41) is 2.70. The molecular formula is C23H27N5O6S2. The number of methoxy groups -OCH3 is 1. The SMILES string of the molecule is COc1ccc(S(=O)(=O)Nc2ccc(S(=O)(=O)Nc3nc(C)cc(C)n3)cc2)cc1C(=O)NC(C)C. The fraction of sp³-hybridized carbons (Fsp3) is 0.261. The molecule has 0 fully saturated rings. The molecule has 3 aromatic rings. The van der Waals surface area contributed by atoms with Gasteiger partial charge in [0, 0.05) is 23.1 Å². The lowest BCUT2D eigenvalue weighted by atomic mass is 10.2. The molecule has 0 unspecified atom stereocenters. The van der Waals surface area contributed by atoms with Crippen LogP contribution in [0.4, 0.5) is 11.6 Å². The second-order valence-corrected chi connectivity index (χ2v) is 11.6. The van der Waals surface area contributed by atoms with Crippen LogP contribution in [0, 0.1) is 13.8 Å². The van der Waals surface area contributed by atoms with Crippen molar-refractivity contribution >= 4 is 37.6 Å². The van der Waals surface area contributed by atoms with Crippen LogP contribution in [0.1, 0.15) is 35.6 Å². The maximum Gasteiger partial charge on any atom is 0.264 e. The van der Waals surface area contributed by atoms with Gasteiger partial charge in [-0.3, -0.25) is 9.52 Å². The molecule has 0 saturated heterocycles. The van der Waals surface area contributed by atoms with Gasteiger partial charge in [0.25, 0.3) is 26.0 Å². The first-order valence-corrected chi connectivity index (χ1v) is 13.7. The van der Waals surface area contributed by atoms with Crippen LogP contribution in [0.3, 0.4) is 0 Å². The third-order valence-electron chi connectivity index (χ3n) is 4.77. The molecule has 0 aliphatic carbocycles. The highest BCUT2D eigenvalue weighted by Crippen LogP contribution is 2.25. The van der Waals surface area contributed by atoms with E-state index in [0.717, 1.165) is 0 Å². The predicted octanol–water partition coefficient (Wildman–Crippen LogP) is 2.84. The van der Waals surface area contributed by atoms with Crippen LogP contribution in [0.2, 0.25) is 0 Å². The highest BCUT2D eigenvalue weighted by Gasteiger charge is 2.21. The Kier molecular flexibility index (Phi) is 7.84. The highest BCUT2D eigenvalue weighted by atomic mass is 32.2. The summed E-state index contributed by atoms with van der Waals surface area (Å²) in [5.41, 5.74) is 1.40. The molecule has 192 valence electrons. The summed E-state index contributed by atoms with van der Waals surface area (Å²) in [5.74, 6) is -0.315. The van der Waals surface area contributed by atoms with Gasteiger partial charge in [0.15, 0.2) is 0 Å². The van der Waals surface area contributed by atoms with Gasteiger partial charge in [0.1, 0.15) is 5.75 Å². The first kappa shape index (κ1) is 26.9. The van der Waals surface area contributed by atoms with Crippen molar-refractivity contribution in [3.05, 3.63) is 65.5 Å². The van der Waals surface area contributed by atoms with Gasteiger partial charge in [-0.1, -0.05) is 0 Å². The zero-order chi connectivity index (χ0) is 26.7. The van der Waals surface area contributed by atoms with Crippen molar-refractivity contribution in [2.45, 2.75) is 43.5 Å². The molecule has 1 heterocycles. The molecule has 0 aliphatic heterocycles. The van der Waals surface area contributed by atoms with E-state index in [4.69, 9.17) is 4.74 Å². The number of nitrogens with one attached hydrogen (secondary N) is 3. The summed E-state index contributed by atoms with van der Waals surface area (Å²) < 4.78 is 61.2.